The monoisotopic (exact) mass is 328 g/mol. The van der Waals surface area contributed by atoms with Crippen LogP contribution in [0.1, 0.15) is 31.5 Å². The second-order valence-corrected chi connectivity index (χ2v) is 5.78. The number of carbonyl (C=O) groups is 1. The van der Waals surface area contributed by atoms with E-state index >= 15 is 0 Å². The van der Waals surface area contributed by atoms with Crippen molar-refractivity contribution >= 4 is 5.91 Å². The number of ether oxygens (including phenoxy) is 1. The van der Waals surface area contributed by atoms with Crippen molar-refractivity contribution in [3.63, 3.8) is 0 Å². The highest BCUT2D eigenvalue weighted by Gasteiger charge is 2.27. The first-order valence-electron chi connectivity index (χ1n) is 8.09. The molecule has 1 aromatic carbocycles. The van der Waals surface area contributed by atoms with Crippen molar-refractivity contribution in [3.8, 4) is 11.4 Å². The Morgan fingerprint density at radius 1 is 1.38 bits per heavy atom. The van der Waals surface area contributed by atoms with Crippen molar-refractivity contribution in [1.82, 2.24) is 20.5 Å². The van der Waals surface area contributed by atoms with Crippen LogP contribution in [0.2, 0.25) is 0 Å². The quantitative estimate of drug-likeness (QED) is 0.865. The molecule has 0 saturated carbocycles. The Morgan fingerprint density at radius 3 is 2.79 bits per heavy atom. The summed E-state index contributed by atoms with van der Waals surface area (Å²) in [7, 11) is 0. The zero-order valence-corrected chi connectivity index (χ0v) is 13.5. The molecule has 7 nitrogen and oxygen atoms in total. The van der Waals surface area contributed by atoms with Gasteiger partial charge in [0.1, 0.15) is 0 Å². The smallest absolute Gasteiger partial charge is 0.275 e. The van der Waals surface area contributed by atoms with Crippen molar-refractivity contribution in [1.29, 1.82) is 0 Å². The molecule has 1 fully saturated rings. The summed E-state index contributed by atoms with van der Waals surface area (Å²) in [5.41, 5.74) is 0.678. The SMILES string of the molecule is CCC(NC(=O)C1CCOC1)c1nnc(-c2ccccc2)[nH]c1=O. The van der Waals surface area contributed by atoms with Gasteiger partial charge in [-0.25, -0.2) is 0 Å². The van der Waals surface area contributed by atoms with Crippen molar-refractivity contribution in [2.75, 3.05) is 13.2 Å². The Hall–Kier alpha value is -2.54. The molecule has 24 heavy (non-hydrogen) atoms. The van der Waals surface area contributed by atoms with Crippen molar-refractivity contribution < 1.29 is 9.53 Å². The van der Waals surface area contributed by atoms with Crippen LogP contribution in [-0.2, 0) is 9.53 Å². The van der Waals surface area contributed by atoms with Crippen LogP contribution in [0.3, 0.4) is 0 Å². The minimum absolute atomic E-state index is 0.104. The molecule has 1 aliphatic rings. The molecule has 3 rings (SSSR count). The molecule has 1 amide bonds. The first kappa shape index (κ1) is 16.3. The Bertz CT molecular complexity index is 754. The van der Waals surface area contributed by atoms with E-state index in [2.05, 4.69) is 20.5 Å². The number of H-pyrrole nitrogens is 1. The maximum atomic E-state index is 12.4. The molecule has 0 bridgehead atoms. The topological polar surface area (TPSA) is 97.0 Å². The van der Waals surface area contributed by atoms with E-state index in [-0.39, 0.29) is 23.1 Å². The maximum absolute atomic E-state index is 12.4. The summed E-state index contributed by atoms with van der Waals surface area (Å²) in [6, 6.07) is 8.85. The van der Waals surface area contributed by atoms with Crippen LogP contribution in [0.25, 0.3) is 11.4 Å². The largest absolute Gasteiger partial charge is 0.381 e. The Balaban J connectivity index is 1.79. The molecule has 2 N–H and O–H groups in total. The van der Waals surface area contributed by atoms with Gasteiger partial charge in [0.25, 0.3) is 5.56 Å². The maximum Gasteiger partial charge on any atom is 0.275 e. The minimum atomic E-state index is -0.459. The molecule has 2 atom stereocenters. The highest BCUT2D eigenvalue weighted by atomic mass is 16.5. The molecule has 2 heterocycles. The Morgan fingerprint density at radius 2 is 2.17 bits per heavy atom. The van der Waals surface area contributed by atoms with Crippen LogP contribution in [0.5, 0.6) is 0 Å². The van der Waals surface area contributed by atoms with Crippen LogP contribution in [0, 0.1) is 5.92 Å². The molecule has 1 saturated heterocycles. The number of carbonyl (C=O) groups excluding carboxylic acids is 1. The van der Waals surface area contributed by atoms with E-state index in [9.17, 15) is 9.59 Å². The third kappa shape index (κ3) is 3.51. The zero-order valence-electron chi connectivity index (χ0n) is 13.5. The molecule has 0 radical (unpaired) electrons. The van der Waals surface area contributed by atoms with Crippen LogP contribution in [0.15, 0.2) is 35.1 Å². The van der Waals surface area contributed by atoms with Gasteiger partial charge in [0.2, 0.25) is 5.91 Å². The predicted octanol–water partition coefficient (Wildman–Crippen LogP) is 1.44. The summed E-state index contributed by atoms with van der Waals surface area (Å²) in [5.74, 6) is 0.150. The van der Waals surface area contributed by atoms with E-state index in [1.807, 2.05) is 37.3 Å². The molecule has 1 aliphatic heterocycles. The van der Waals surface area contributed by atoms with E-state index < -0.39 is 6.04 Å². The second kappa shape index (κ2) is 7.35. The fraction of sp³-hybridized carbons (Fsp3) is 0.412. The Labute approximate surface area is 139 Å². The van der Waals surface area contributed by atoms with Gasteiger partial charge < -0.3 is 15.0 Å². The molecule has 0 aliphatic carbocycles. The first-order valence-corrected chi connectivity index (χ1v) is 8.09. The second-order valence-electron chi connectivity index (χ2n) is 5.78. The molecule has 1 aromatic heterocycles. The lowest BCUT2D eigenvalue weighted by Gasteiger charge is -2.17. The average molecular weight is 328 g/mol. The van der Waals surface area contributed by atoms with E-state index in [0.29, 0.717) is 31.9 Å². The number of hydrogen-bond acceptors (Lipinski definition) is 5. The van der Waals surface area contributed by atoms with Gasteiger partial charge in [0.05, 0.1) is 18.6 Å². The summed E-state index contributed by atoms with van der Waals surface area (Å²) in [4.78, 5) is 27.4. The first-order chi connectivity index (χ1) is 11.7. The van der Waals surface area contributed by atoms with Gasteiger partial charge in [-0.2, -0.15) is 0 Å². The van der Waals surface area contributed by atoms with Gasteiger partial charge in [-0.05, 0) is 12.8 Å². The molecule has 7 heteroatoms. The molecule has 2 aromatic rings. The van der Waals surface area contributed by atoms with Gasteiger partial charge in [-0.3, -0.25) is 9.59 Å². The van der Waals surface area contributed by atoms with Gasteiger partial charge >= 0.3 is 0 Å². The number of nitrogens with zero attached hydrogens (tertiary/aromatic N) is 2. The highest BCUT2D eigenvalue weighted by molar-refractivity contribution is 5.79. The standard InChI is InChI=1S/C17H20N4O3/c1-2-13(18-16(22)12-8-9-24-10-12)14-17(23)19-15(21-20-14)11-6-4-3-5-7-11/h3-7,12-13H,2,8-10H2,1H3,(H,18,22)(H,19,21,23). The third-order valence-electron chi connectivity index (χ3n) is 4.12. The fourth-order valence-corrected chi connectivity index (χ4v) is 2.69. The number of aromatic amines is 1. The van der Waals surface area contributed by atoms with Crippen LogP contribution in [-0.4, -0.2) is 34.3 Å². The summed E-state index contributed by atoms with van der Waals surface area (Å²) in [6.07, 6.45) is 1.26. The minimum Gasteiger partial charge on any atom is -0.381 e. The van der Waals surface area contributed by atoms with Gasteiger partial charge in [0.15, 0.2) is 11.5 Å². The van der Waals surface area contributed by atoms with Crippen molar-refractivity contribution in [3.05, 3.63) is 46.4 Å². The zero-order chi connectivity index (χ0) is 16.9. The lowest BCUT2D eigenvalue weighted by molar-refractivity contribution is -0.125. The number of rotatable bonds is 5. The Kier molecular flexibility index (Phi) is 5.00. The number of aromatic nitrogens is 3. The van der Waals surface area contributed by atoms with E-state index in [0.717, 1.165) is 5.56 Å². The fourth-order valence-electron chi connectivity index (χ4n) is 2.69. The molecule has 0 spiro atoms. The van der Waals surface area contributed by atoms with E-state index in [1.54, 1.807) is 0 Å². The molecular formula is C17H20N4O3. The third-order valence-corrected chi connectivity index (χ3v) is 4.12. The van der Waals surface area contributed by atoms with Gasteiger partial charge in [-0.15, -0.1) is 10.2 Å². The molecular weight excluding hydrogens is 308 g/mol. The predicted molar refractivity (Wildman–Crippen MR) is 88.2 cm³/mol. The van der Waals surface area contributed by atoms with E-state index in [1.165, 1.54) is 0 Å². The number of nitrogens with one attached hydrogen (secondary N) is 2. The molecule has 2 unspecified atom stereocenters. The van der Waals surface area contributed by atoms with Crippen LogP contribution in [0.4, 0.5) is 0 Å². The van der Waals surface area contributed by atoms with Crippen molar-refractivity contribution in [2.45, 2.75) is 25.8 Å². The van der Waals surface area contributed by atoms with Crippen LogP contribution >= 0.6 is 0 Å². The number of benzene rings is 1. The number of hydrogen-bond donors (Lipinski definition) is 2. The van der Waals surface area contributed by atoms with Gasteiger partial charge in [-0.1, -0.05) is 37.3 Å². The number of amides is 1. The average Bonchev–Trinajstić information content (AvgIpc) is 3.15. The summed E-state index contributed by atoms with van der Waals surface area (Å²) in [5, 5.41) is 11.1. The highest BCUT2D eigenvalue weighted by Crippen LogP contribution is 2.17. The molecule has 126 valence electrons. The normalized spacial score (nSPS) is 18.3. The lowest BCUT2D eigenvalue weighted by Crippen LogP contribution is -2.37. The van der Waals surface area contributed by atoms with E-state index in [4.69, 9.17) is 4.74 Å². The van der Waals surface area contributed by atoms with Crippen LogP contribution < -0.4 is 10.9 Å². The summed E-state index contributed by atoms with van der Waals surface area (Å²) in [6.45, 7) is 2.92. The summed E-state index contributed by atoms with van der Waals surface area (Å²) < 4.78 is 5.23. The summed E-state index contributed by atoms with van der Waals surface area (Å²) >= 11 is 0. The van der Waals surface area contributed by atoms with Gasteiger partial charge in [0, 0.05) is 12.2 Å². The lowest BCUT2D eigenvalue weighted by atomic mass is 10.1. The van der Waals surface area contributed by atoms with Crippen molar-refractivity contribution in [2.24, 2.45) is 5.92 Å².